The van der Waals surface area contributed by atoms with Gasteiger partial charge in [-0.2, -0.15) is 0 Å². The maximum atomic E-state index is 12.7. The van der Waals surface area contributed by atoms with Crippen LogP contribution in [0.1, 0.15) is 47.2 Å². The summed E-state index contributed by atoms with van der Waals surface area (Å²) in [5, 5.41) is 2.96. The molecule has 2 aliphatic rings. The predicted molar refractivity (Wildman–Crippen MR) is 69.8 cm³/mol. The first-order valence-electron chi connectivity index (χ1n) is 6.52. The van der Waals surface area contributed by atoms with E-state index in [1.54, 1.807) is 0 Å². The zero-order valence-corrected chi connectivity index (χ0v) is 10.8. The SMILES string of the molecule is Cc1cc(C)c2c(c1)C(=O)C1(CCCC1)C(=O)N2. The molecule has 0 aromatic heterocycles. The molecule has 0 atom stereocenters. The quantitative estimate of drug-likeness (QED) is 0.712. The Labute approximate surface area is 107 Å². The van der Waals surface area contributed by atoms with E-state index in [1.165, 1.54) is 0 Å². The third kappa shape index (κ3) is 1.36. The van der Waals surface area contributed by atoms with Gasteiger partial charge < -0.3 is 5.32 Å². The monoisotopic (exact) mass is 243 g/mol. The second kappa shape index (κ2) is 3.67. The number of aryl methyl sites for hydroxylation is 2. The second-order valence-corrected chi connectivity index (χ2v) is 5.58. The molecule has 0 saturated heterocycles. The second-order valence-electron chi connectivity index (χ2n) is 5.58. The van der Waals surface area contributed by atoms with Crippen LogP contribution < -0.4 is 5.32 Å². The van der Waals surface area contributed by atoms with E-state index in [4.69, 9.17) is 0 Å². The van der Waals surface area contributed by atoms with Crippen molar-refractivity contribution in [3.8, 4) is 0 Å². The van der Waals surface area contributed by atoms with Crippen LogP contribution in [0.4, 0.5) is 5.69 Å². The standard InChI is InChI=1S/C15H17NO2/c1-9-7-10(2)12-11(8-9)13(17)15(14(18)16-12)5-3-4-6-15/h7-8H,3-6H2,1-2H3,(H,16,18). The van der Waals surface area contributed by atoms with Gasteiger partial charge in [-0.1, -0.05) is 18.9 Å². The number of carbonyl (C=O) groups is 2. The predicted octanol–water partition coefficient (Wildman–Crippen LogP) is 3.00. The first kappa shape index (κ1) is 11.5. The van der Waals surface area contributed by atoms with E-state index in [-0.39, 0.29) is 11.7 Å². The number of nitrogens with one attached hydrogen (secondary N) is 1. The van der Waals surface area contributed by atoms with E-state index in [0.29, 0.717) is 24.1 Å². The van der Waals surface area contributed by atoms with Gasteiger partial charge in [0, 0.05) is 5.56 Å². The highest BCUT2D eigenvalue weighted by molar-refractivity contribution is 6.24. The Bertz CT molecular complexity index is 554. The highest BCUT2D eigenvalue weighted by atomic mass is 16.2. The van der Waals surface area contributed by atoms with Gasteiger partial charge in [-0.3, -0.25) is 9.59 Å². The van der Waals surface area contributed by atoms with E-state index >= 15 is 0 Å². The number of rotatable bonds is 0. The molecule has 3 rings (SSSR count). The van der Waals surface area contributed by atoms with Crippen LogP contribution in [0.2, 0.25) is 0 Å². The summed E-state index contributed by atoms with van der Waals surface area (Å²) in [4.78, 5) is 25.0. The Morgan fingerprint density at radius 3 is 2.44 bits per heavy atom. The Morgan fingerprint density at radius 1 is 1.11 bits per heavy atom. The van der Waals surface area contributed by atoms with Gasteiger partial charge in [-0.05, 0) is 43.9 Å². The lowest BCUT2D eigenvalue weighted by Gasteiger charge is -2.33. The van der Waals surface area contributed by atoms with Crippen molar-refractivity contribution in [3.63, 3.8) is 0 Å². The Morgan fingerprint density at radius 2 is 1.78 bits per heavy atom. The largest absolute Gasteiger partial charge is 0.324 e. The van der Waals surface area contributed by atoms with Crippen LogP contribution in [-0.4, -0.2) is 11.7 Å². The lowest BCUT2D eigenvalue weighted by molar-refractivity contribution is -0.123. The molecular formula is C15H17NO2. The molecule has 1 aliphatic carbocycles. The molecule has 0 bridgehead atoms. The minimum atomic E-state index is -0.771. The van der Waals surface area contributed by atoms with Crippen molar-refractivity contribution in [2.45, 2.75) is 39.5 Å². The third-order valence-electron chi connectivity index (χ3n) is 4.29. The molecule has 1 N–H and O–H groups in total. The van der Waals surface area contributed by atoms with E-state index in [9.17, 15) is 9.59 Å². The number of hydrogen-bond acceptors (Lipinski definition) is 2. The number of benzene rings is 1. The summed E-state index contributed by atoms with van der Waals surface area (Å²) in [5.74, 6) is -0.0602. The van der Waals surface area contributed by atoms with Gasteiger partial charge in [0.05, 0.1) is 5.69 Å². The summed E-state index contributed by atoms with van der Waals surface area (Å²) in [7, 11) is 0. The maximum absolute atomic E-state index is 12.7. The number of carbonyl (C=O) groups excluding carboxylic acids is 2. The van der Waals surface area contributed by atoms with Gasteiger partial charge in [0.2, 0.25) is 5.91 Å². The zero-order valence-electron chi connectivity index (χ0n) is 10.8. The molecule has 3 nitrogen and oxygen atoms in total. The van der Waals surface area contributed by atoms with Crippen molar-refractivity contribution in [1.29, 1.82) is 0 Å². The fourth-order valence-corrected chi connectivity index (χ4v) is 3.34. The molecule has 1 saturated carbocycles. The van der Waals surface area contributed by atoms with Crippen molar-refractivity contribution in [3.05, 3.63) is 28.8 Å². The molecule has 1 amide bonds. The summed E-state index contributed by atoms with van der Waals surface area (Å²) in [6, 6.07) is 3.91. The van der Waals surface area contributed by atoms with Crippen LogP contribution in [0.25, 0.3) is 0 Å². The van der Waals surface area contributed by atoms with Crippen LogP contribution in [-0.2, 0) is 4.79 Å². The van der Waals surface area contributed by atoms with E-state index in [1.807, 2.05) is 26.0 Å². The Balaban J connectivity index is 2.19. The summed E-state index contributed by atoms with van der Waals surface area (Å²) in [6.45, 7) is 3.92. The number of amides is 1. The smallest absolute Gasteiger partial charge is 0.238 e. The minimum Gasteiger partial charge on any atom is -0.324 e. The number of fused-ring (bicyclic) bond motifs is 1. The van der Waals surface area contributed by atoms with E-state index < -0.39 is 5.41 Å². The molecular weight excluding hydrogens is 226 g/mol. The summed E-state index contributed by atoms with van der Waals surface area (Å²) < 4.78 is 0. The fraction of sp³-hybridized carbons (Fsp3) is 0.467. The van der Waals surface area contributed by atoms with Gasteiger partial charge in [0.1, 0.15) is 5.41 Å². The lowest BCUT2D eigenvalue weighted by atomic mass is 9.74. The van der Waals surface area contributed by atoms with Crippen molar-refractivity contribution < 1.29 is 9.59 Å². The third-order valence-corrected chi connectivity index (χ3v) is 4.29. The molecule has 1 aliphatic heterocycles. The van der Waals surface area contributed by atoms with Crippen molar-refractivity contribution in [2.24, 2.45) is 5.41 Å². The molecule has 1 aromatic rings. The summed E-state index contributed by atoms with van der Waals surface area (Å²) >= 11 is 0. The van der Waals surface area contributed by atoms with Crippen LogP contribution >= 0.6 is 0 Å². The van der Waals surface area contributed by atoms with Crippen molar-refractivity contribution in [2.75, 3.05) is 5.32 Å². The van der Waals surface area contributed by atoms with Crippen LogP contribution in [0.3, 0.4) is 0 Å². The molecule has 0 unspecified atom stereocenters. The average Bonchev–Trinajstić information content (AvgIpc) is 2.79. The van der Waals surface area contributed by atoms with E-state index in [2.05, 4.69) is 5.32 Å². The molecule has 1 spiro atoms. The molecule has 0 radical (unpaired) electrons. The van der Waals surface area contributed by atoms with Gasteiger partial charge in [-0.15, -0.1) is 0 Å². The molecule has 1 aromatic carbocycles. The highest BCUT2D eigenvalue weighted by Crippen LogP contribution is 2.46. The number of Topliss-reactive ketones (excluding diaryl/α,β-unsaturated/α-hetero) is 1. The number of ketones is 1. The molecule has 1 heterocycles. The molecule has 18 heavy (non-hydrogen) atoms. The lowest BCUT2D eigenvalue weighted by Crippen LogP contribution is -2.45. The van der Waals surface area contributed by atoms with Gasteiger partial charge in [0.25, 0.3) is 0 Å². The zero-order chi connectivity index (χ0) is 12.9. The van der Waals surface area contributed by atoms with Crippen molar-refractivity contribution in [1.82, 2.24) is 0 Å². The van der Waals surface area contributed by atoms with Crippen LogP contribution in [0.5, 0.6) is 0 Å². The van der Waals surface area contributed by atoms with E-state index in [0.717, 1.165) is 24.0 Å². The topological polar surface area (TPSA) is 46.2 Å². The van der Waals surface area contributed by atoms with Crippen molar-refractivity contribution >= 4 is 17.4 Å². The maximum Gasteiger partial charge on any atom is 0.238 e. The minimum absolute atomic E-state index is 0.0329. The fourth-order valence-electron chi connectivity index (χ4n) is 3.34. The summed E-state index contributed by atoms with van der Waals surface area (Å²) in [5.41, 5.74) is 2.69. The van der Waals surface area contributed by atoms with Gasteiger partial charge in [0.15, 0.2) is 5.78 Å². The first-order chi connectivity index (χ1) is 8.54. The average molecular weight is 243 g/mol. The summed E-state index contributed by atoms with van der Waals surface area (Å²) in [6.07, 6.45) is 3.34. The molecule has 3 heteroatoms. The Hall–Kier alpha value is -1.64. The van der Waals surface area contributed by atoms with Crippen LogP contribution in [0.15, 0.2) is 12.1 Å². The normalized spacial score (nSPS) is 21.0. The number of hydrogen-bond donors (Lipinski definition) is 1. The molecule has 94 valence electrons. The molecule has 1 fully saturated rings. The Kier molecular flexibility index (Phi) is 2.34. The highest BCUT2D eigenvalue weighted by Gasteiger charge is 2.51. The van der Waals surface area contributed by atoms with Gasteiger partial charge >= 0.3 is 0 Å². The number of anilines is 1. The van der Waals surface area contributed by atoms with Gasteiger partial charge in [-0.25, -0.2) is 0 Å². The first-order valence-corrected chi connectivity index (χ1v) is 6.52. The van der Waals surface area contributed by atoms with Crippen LogP contribution in [0, 0.1) is 19.3 Å².